The first-order valence-corrected chi connectivity index (χ1v) is 6.86. The molecule has 1 nitrogen and oxygen atoms in total. The summed E-state index contributed by atoms with van der Waals surface area (Å²) in [5, 5.41) is 0. The van der Waals surface area contributed by atoms with Gasteiger partial charge in [0.1, 0.15) is 5.82 Å². The Balaban J connectivity index is 2.10. The van der Waals surface area contributed by atoms with E-state index in [1.165, 1.54) is 6.07 Å². The van der Waals surface area contributed by atoms with E-state index in [4.69, 9.17) is 5.73 Å². The van der Waals surface area contributed by atoms with Crippen LogP contribution in [0.2, 0.25) is 0 Å². The second-order valence-electron chi connectivity index (χ2n) is 3.57. The minimum Gasteiger partial charge on any atom is -0.399 e. The molecule has 2 N–H and O–H groups in total. The maximum Gasteiger partial charge on any atom is 0.129 e. The Kier molecular flexibility index (Phi) is 4.07. The van der Waals surface area contributed by atoms with Crippen molar-refractivity contribution in [2.45, 2.75) is 10.6 Å². The maximum atomic E-state index is 13.5. The summed E-state index contributed by atoms with van der Waals surface area (Å²) in [6, 6.07) is 12.7. The fraction of sp³-hybridized carbons (Fsp3) is 0.0769. The van der Waals surface area contributed by atoms with Crippen molar-refractivity contribution in [2.24, 2.45) is 0 Å². The molecule has 88 valence electrons. The third kappa shape index (κ3) is 3.23. The summed E-state index contributed by atoms with van der Waals surface area (Å²) in [5.41, 5.74) is 6.63. The van der Waals surface area contributed by atoms with E-state index in [1.54, 1.807) is 23.9 Å². The molecule has 4 heteroatoms. The van der Waals surface area contributed by atoms with Gasteiger partial charge in [0.25, 0.3) is 0 Å². The van der Waals surface area contributed by atoms with E-state index in [9.17, 15) is 4.39 Å². The van der Waals surface area contributed by atoms with E-state index in [1.807, 2.05) is 24.3 Å². The van der Waals surface area contributed by atoms with E-state index in [0.717, 1.165) is 9.37 Å². The van der Waals surface area contributed by atoms with E-state index in [0.29, 0.717) is 17.0 Å². The van der Waals surface area contributed by atoms with Crippen molar-refractivity contribution in [1.82, 2.24) is 0 Å². The van der Waals surface area contributed by atoms with Crippen molar-refractivity contribution in [1.29, 1.82) is 0 Å². The van der Waals surface area contributed by atoms with Crippen LogP contribution in [0, 0.1) is 5.82 Å². The summed E-state index contributed by atoms with van der Waals surface area (Å²) in [4.78, 5) is 1.10. The highest BCUT2D eigenvalue weighted by atomic mass is 79.9. The van der Waals surface area contributed by atoms with Gasteiger partial charge in [-0.1, -0.05) is 18.2 Å². The topological polar surface area (TPSA) is 26.0 Å². The van der Waals surface area contributed by atoms with Crippen LogP contribution in [0.1, 0.15) is 5.56 Å². The van der Waals surface area contributed by atoms with Crippen LogP contribution in [0.25, 0.3) is 0 Å². The van der Waals surface area contributed by atoms with Crippen molar-refractivity contribution in [3.63, 3.8) is 0 Å². The third-order valence-electron chi connectivity index (χ3n) is 2.30. The standard InChI is InChI=1S/C13H11BrFNS/c14-11-3-1-2-4-13(11)17-8-9-5-6-10(16)7-12(9)15/h1-7H,8,16H2. The molecule has 0 aliphatic heterocycles. The second kappa shape index (κ2) is 5.56. The first kappa shape index (κ1) is 12.5. The molecule has 2 aromatic carbocycles. The molecule has 17 heavy (non-hydrogen) atoms. The average Bonchev–Trinajstić information content (AvgIpc) is 2.30. The summed E-state index contributed by atoms with van der Waals surface area (Å²) in [6.07, 6.45) is 0. The number of halogens is 2. The lowest BCUT2D eigenvalue weighted by Crippen LogP contribution is -1.91. The highest BCUT2D eigenvalue weighted by Crippen LogP contribution is 2.30. The van der Waals surface area contributed by atoms with Gasteiger partial charge in [0.05, 0.1) is 0 Å². The van der Waals surface area contributed by atoms with Gasteiger partial charge in [0.2, 0.25) is 0 Å². The van der Waals surface area contributed by atoms with Gasteiger partial charge in [-0.05, 0) is 45.8 Å². The Morgan fingerprint density at radius 3 is 2.65 bits per heavy atom. The number of thioether (sulfide) groups is 1. The number of hydrogen-bond acceptors (Lipinski definition) is 2. The molecule has 2 aromatic rings. The predicted molar refractivity (Wildman–Crippen MR) is 74.5 cm³/mol. The van der Waals surface area contributed by atoms with E-state index in [-0.39, 0.29) is 5.82 Å². The maximum absolute atomic E-state index is 13.5. The van der Waals surface area contributed by atoms with Crippen LogP contribution in [0.15, 0.2) is 51.8 Å². The highest BCUT2D eigenvalue weighted by Gasteiger charge is 2.05. The second-order valence-corrected chi connectivity index (χ2v) is 5.44. The van der Waals surface area contributed by atoms with Crippen LogP contribution in [0.3, 0.4) is 0 Å². The molecule has 0 amide bonds. The molecule has 0 saturated heterocycles. The van der Waals surface area contributed by atoms with Gasteiger partial charge < -0.3 is 5.73 Å². The number of nitrogens with two attached hydrogens (primary N) is 1. The van der Waals surface area contributed by atoms with E-state index >= 15 is 0 Å². The van der Waals surface area contributed by atoms with Crippen molar-refractivity contribution in [2.75, 3.05) is 5.73 Å². The highest BCUT2D eigenvalue weighted by molar-refractivity contribution is 9.10. The van der Waals surface area contributed by atoms with Gasteiger partial charge in [-0.3, -0.25) is 0 Å². The molecule has 0 spiro atoms. The van der Waals surface area contributed by atoms with Crippen LogP contribution >= 0.6 is 27.7 Å². The molecule has 0 radical (unpaired) electrons. The lowest BCUT2D eigenvalue weighted by atomic mass is 10.2. The van der Waals surface area contributed by atoms with Crippen molar-refractivity contribution >= 4 is 33.4 Å². The van der Waals surface area contributed by atoms with E-state index in [2.05, 4.69) is 15.9 Å². The SMILES string of the molecule is Nc1ccc(CSc2ccccc2Br)c(F)c1. The van der Waals surface area contributed by atoms with Crippen LogP contribution in [-0.4, -0.2) is 0 Å². The molecule has 0 saturated carbocycles. The largest absolute Gasteiger partial charge is 0.399 e. The molecule has 0 aliphatic carbocycles. The quantitative estimate of drug-likeness (QED) is 0.669. The van der Waals surface area contributed by atoms with Crippen molar-refractivity contribution in [3.05, 3.63) is 58.3 Å². The zero-order valence-electron chi connectivity index (χ0n) is 8.99. The normalized spacial score (nSPS) is 10.5. The summed E-state index contributed by atoms with van der Waals surface area (Å²) >= 11 is 5.06. The predicted octanol–water partition coefficient (Wildman–Crippen LogP) is 4.46. The monoisotopic (exact) mass is 311 g/mol. The molecule has 0 bridgehead atoms. The Morgan fingerprint density at radius 2 is 1.94 bits per heavy atom. The van der Waals surface area contributed by atoms with Gasteiger partial charge in [-0.2, -0.15) is 0 Å². The third-order valence-corrected chi connectivity index (χ3v) is 4.37. The molecular formula is C13H11BrFNS. The van der Waals surface area contributed by atoms with Crippen LogP contribution in [-0.2, 0) is 5.75 Å². The van der Waals surface area contributed by atoms with E-state index < -0.39 is 0 Å². The smallest absolute Gasteiger partial charge is 0.129 e. The lowest BCUT2D eigenvalue weighted by Gasteiger charge is -2.05. The van der Waals surface area contributed by atoms with Crippen LogP contribution in [0.5, 0.6) is 0 Å². The average molecular weight is 312 g/mol. The number of nitrogen functional groups attached to an aromatic ring is 1. The summed E-state index contributed by atoms with van der Waals surface area (Å²) < 4.78 is 14.6. The van der Waals surface area contributed by atoms with Crippen molar-refractivity contribution in [3.8, 4) is 0 Å². The molecule has 0 heterocycles. The van der Waals surface area contributed by atoms with Gasteiger partial charge in [-0.15, -0.1) is 11.8 Å². The van der Waals surface area contributed by atoms with Gasteiger partial charge in [0, 0.05) is 20.8 Å². The Bertz CT molecular complexity index is 531. The molecule has 2 rings (SSSR count). The number of anilines is 1. The zero-order valence-corrected chi connectivity index (χ0v) is 11.4. The molecule has 0 fully saturated rings. The lowest BCUT2D eigenvalue weighted by molar-refractivity contribution is 0.618. The van der Waals surface area contributed by atoms with Crippen molar-refractivity contribution < 1.29 is 4.39 Å². The fourth-order valence-corrected chi connectivity index (χ4v) is 2.95. The first-order chi connectivity index (χ1) is 8.16. The van der Waals surface area contributed by atoms with Crippen LogP contribution < -0.4 is 5.73 Å². The Labute approximate surface area is 112 Å². The van der Waals surface area contributed by atoms with Gasteiger partial charge >= 0.3 is 0 Å². The zero-order chi connectivity index (χ0) is 12.3. The minimum atomic E-state index is -0.246. The molecule has 0 unspecified atom stereocenters. The molecule has 0 aliphatic rings. The first-order valence-electron chi connectivity index (χ1n) is 5.08. The Morgan fingerprint density at radius 1 is 1.18 bits per heavy atom. The van der Waals surface area contributed by atoms with Gasteiger partial charge in [-0.25, -0.2) is 4.39 Å². The number of benzene rings is 2. The molecule has 0 aromatic heterocycles. The van der Waals surface area contributed by atoms with Crippen LogP contribution in [0.4, 0.5) is 10.1 Å². The van der Waals surface area contributed by atoms with Gasteiger partial charge in [0.15, 0.2) is 0 Å². The number of hydrogen-bond donors (Lipinski definition) is 1. The minimum absolute atomic E-state index is 0.246. The molecule has 0 atom stereocenters. The fourth-order valence-electron chi connectivity index (χ4n) is 1.40. The summed E-state index contributed by atoms with van der Waals surface area (Å²) in [5.74, 6) is 0.346. The molecular weight excluding hydrogens is 301 g/mol. The summed E-state index contributed by atoms with van der Waals surface area (Å²) in [6.45, 7) is 0. The number of rotatable bonds is 3. The Hall–Kier alpha value is -1.000. The summed E-state index contributed by atoms with van der Waals surface area (Å²) in [7, 11) is 0.